The zero-order valence-electron chi connectivity index (χ0n) is 10.6. The first-order valence-corrected chi connectivity index (χ1v) is 6.04. The second-order valence-electron chi connectivity index (χ2n) is 4.77. The molecule has 0 bridgehead atoms. The monoisotopic (exact) mass is 231 g/mol. The third-order valence-electron chi connectivity index (χ3n) is 2.82. The van der Waals surface area contributed by atoms with Crippen molar-refractivity contribution in [3.8, 4) is 0 Å². The molecule has 0 heterocycles. The molecule has 3 N–H and O–H groups in total. The van der Waals surface area contributed by atoms with E-state index in [2.05, 4.69) is 12.2 Å². The summed E-state index contributed by atoms with van der Waals surface area (Å²) in [6.07, 6.45) is 2.64. The Hall–Kier alpha value is -0.610. The van der Waals surface area contributed by atoms with E-state index in [-0.39, 0.29) is 18.4 Å². The SMILES string of the molecule is CC(CO)CNC(C)CCCC(C)C(=O)O. The predicted molar refractivity (Wildman–Crippen MR) is 64.4 cm³/mol. The van der Waals surface area contributed by atoms with Crippen LogP contribution in [0.15, 0.2) is 0 Å². The van der Waals surface area contributed by atoms with Crippen molar-refractivity contribution in [2.24, 2.45) is 11.8 Å². The Kier molecular flexibility index (Phi) is 8.21. The molecular weight excluding hydrogens is 206 g/mol. The van der Waals surface area contributed by atoms with Gasteiger partial charge in [0.15, 0.2) is 0 Å². The molecule has 0 saturated carbocycles. The van der Waals surface area contributed by atoms with E-state index in [1.807, 2.05) is 6.92 Å². The molecule has 0 rings (SSSR count). The fraction of sp³-hybridized carbons (Fsp3) is 0.917. The highest BCUT2D eigenvalue weighted by Gasteiger charge is 2.11. The minimum Gasteiger partial charge on any atom is -0.481 e. The maximum absolute atomic E-state index is 10.6. The van der Waals surface area contributed by atoms with Gasteiger partial charge in [-0.15, -0.1) is 0 Å². The first kappa shape index (κ1) is 15.4. The van der Waals surface area contributed by atoms with E-state index < -0.39 is 5.97 Å². The van der Waals surface area contributed by atoms with Crippen LogP contribution in [0.3, 0.4) is 0 Å². The zero-order valence-corrected chi connectivity index (χ0v) is 10.6. The summed E-state index contributed by atoms with van der Waals surface area (Å²) in [4.78, 5) is 10.6. The number of aliphatic hydroxyl groups excluding tert-OH is 1. The van der Waals surface area contributed by atoms with Gasteiger partial charge in [-0.1, -0.05) is 20.3 Å². The Balaban J connectivity index is 3.50. The molecule has 0 aromatic carbocycles. The molecular formula is C12H25NO3. The third kappa shape index (κ3) is 7.65. The van der Waals surface area contributed by atoms with Gasteiger partial charge in [0.05, 0.1) is 5.92 Å². The van der Waals surface area contributed by atoms with Crippen molar-refractivity contribution < 1.29 is 15.0 Å². The number of aliphatic hydroxyl groups is 1. The van der Waals surface area contributed by atoms with Gasteiger partial charge in [-0.25, -0.2) is 0 Å². The topological polar surface area (TPSA) is 69.6 Å². The van der Waals surface area contributed by atoms with Crippen LogP contribution >= 0.6 is 0 Å². The van der Waals surface area contributed by atoms with E-state index in [1.54, 1.807) is 6.92 Å². The van der Waals surface area contributed by atoms with Crippen LogP contribution in [0.2, 0.25) is 0 Å². The molecule has 16 heavy (non-hydrogen) atoms. The van der Waals surface area contributed by atoms with Crippen LogP contribution < -0.4 is 5.32 Å². The number of nitrogens with one attached hydrogen (secondary N) is 1. The summed E-state index contributed by atoms with van der Waals surface area (Å²) in [7, 11) is 0. The van der Waals surface area contributed by atoms with Gasteiger partial charge in [-0.2, -0.15) is 0 Å². The number of hydrogen-bond acceptors (Lipinski definition) is 3. The van der Waals surface area contributed by atoms with E-state index in [1.165, 1.54) is 0 Å². The second kappa shape index (κ2) is 8.53. The van der Waals surface area contributed by atoms with Gasteiger partial charge in [-0.3, -0.25) is 4.79 Å². The minimum atomic E-state index is -0.713. The quantitative estimate of drug-likeness (QED) is 0.562. The highest BCUT2D eigenvalue weighted by Crippen LogP contribution is 2.09. The Morgan fingerprint density at radius 1 is 1.25 bits per heavy atom. The summed E-state index contributed by atoms with van der Waals surface area (Å²) in [5.74, 6) is -0.682. The molecule has 0 amide bonds. The molecule has 0 aliphatic heterocycles. The van der Waals surface area contributed by atoms with Crippen LogP contribution in [0, 0.1) is 11.8 Å². The van der Waals surface area contributed by atoms with Crippen LogP contribution in [0.4, 0.5) is 0 Å². The zero-order chi connectivity index (χ0) is 12.6. The van der Waals surface area contributed by atoms with Gasteiger partial charge >= 0.3 is 5.97 Å². The number of hydrogen-bond donors (Lipinski definition) is 3. The highest BCUT2D eigenvalue weighted by atomic mass is 16.4. The summed E-state index contributed by atoms with van der Waals surface area (Å²) in [6, 6.07) is 0.384. The highest BCUT2D eigenvalue weighted by molar-refractivity contribution is 5.69. The lowest BCUT2D eigenvalue weighted by molar-refractivity contribution is -0.141. The van der Waals surface area contributed by atoms with Gasteiger partial charge in [0, 0.05) is 19.2 Å². The molecule has 3 atom stereocenters. The molecule has 96 valence electrons. The predicted octanol–water partition coefficient (Wildman–Crippen LogP) is 1.48. The third-order valence-corrected chi connectivity index (χ3v) is 2.82. The van der Waals surface area contributed by atoms with Crippen LogP contribution in [-0.4, -0.2) is 35.4 Å². The maximum atomic E-state index is 10.6. The van der Waals surface area contributed by atoms with E-state index in [0.29, 0.717) is 6.04 Å². The fourth-order valence-corrected chi connectivity index (χ4v) is 1.42. The Bertz CT molecular complexity index is 197. The van der Waals surface area contributed by atoms with Crippen LogP contribution in [0.1, 0.15) is 40.0 Å². The first-order chi connectivity index (χ1) is 7.47. The number of carboxylic acid groups (broad SMARTS) is 1. The van der Waals surface area contributed by atoms with Crippen molar-refractivity contribution in [1.29, 1.82) is 0 Å². The van der Waals surface area contributed by atoms with Crippen molar-refractivity contribution in [2.75, 3.05) is 13.2 Å². The van der Waals surface area contributed by atoms with Gasteiger partial charge in [-0.05, 0) is 25.7 Å². The summed E-state index contributed by atoms with van der Waals surface area (Å²) in [5, 5.41) is 20.9. The lowest BCUT2D eigenvalue weighted by atomic mass is 10.0. The van der Waals surface area contributed by atoms with Gasteiger partial charge in [0.25, 0.3) is 0 Å². The number of carbonyl (C=O) groups is 1. The van der Waals surface area contributed by atoms with Crippen molar-refractivity contribution in [1.82, 2.24) is 5.32 Å². The first-order valence-electron chi connectivity index (χ1n) is 6.04. The minimum absolute atomic E-state index is 0.204. The summed E-state index contributed by atoms with van der Waals surface area (Å²) in [6.45, 7) is 6.85. The van der Waals surface area contributed by atoms with Crippen LogP contribution in [-0.2, 0) is 4.79 Å². The summed E-state index contributed by atoms with van der Waals surface area (Å²) in [5.41, 5.74) is 0. The molecule has 4 nitrogen and oxygen atoms in total. The molecule has 0 spiro atoms. The average molecular weight is 231 g/mol. The number of carboxylic acids is 1. The Labute approximate surface area is 98.1 Å². The van der Waals surface area contributed by atoms with Gasteiger partial charge in [0.1, 0.15) is 0 Å². The average Bonchev–Trinajstić information content (AvgIpc) is 2.25. The molecule has 0 saturated heterocycles. The van der Waals surface area contributed by atoms with Gasteiger partial charge < -0.3 is 15.5 Å². The van der Waals surface area contributed by atoms with E-state index in [4.69, 9.17) is 10.2 Å². The maximum Gasteiger partial charge on any atom is 0.306 e. The van der Waals surface area contributed by atoms with Gasteiger partial charge in [0.2, 0.25) is 0 Å². The van der Waals surface area contributed by atoms with Crippen molar-refractivity contribution in [3.63, 3.8) is 0 Å². The molecule has 4 heteroatoms. The molecule has 0 aromatic heterocycles. The summed E-state index contributed by atoms with van der Waals surface area (Å²) >= 11 is 0. The lowest BCUT2D eigenvalue weighted by Crippen LogP contribution is -2.31. The van der Waals surface area contributed by atoms with E-state index >= 15 is 0 Å². The number of aliphatic carboxylic acids is 1. The van der Waals surface area contributed by atoms with Crippen molar-refractivity contribution >= 4 is 5.97 Å². The second-order valence-corrected chi connectivity index (χ2v) is 4.77. The van der Waals surface area contributed by atoms with E-state index in [9.17, 15) is 4.79 Å². The molecule has 0 aliphatic rings. The molecule has 0 aliphatic carbocycles. The standard InChI is InChI=1S/C12H25NO3/c1-9(8-14)7-13-11(3)6-4-5-10(2)12(15)16/h9-11,13-14H,4-8H2,1-3H3,(H,15,16). The fourth-order valence-electron chi connectivity index (χ4n) is 1.42. The number of rotatable bonds is 9. The van der Waals surface area contributed by atoms with E-state index in [0.717, 1.165) is 25.8 Å². The molecule has 0 fully saturated rings. The van der Waals surface area contributed by atoms with Crippen molar-refractivity contribution in [2.45, 2.75) is 46.1 Å². The largest absolute Gasteiger partial charge is 0.481 e. The summed E-state index contributed by atoms with van der Waals surface area (Å²) < 4.78 is 0. The smallest absolute Gasteiger partial charge is 0.306 e. The Morgan fingerprint density at radius 3 is 2.38 bits per heavy atom. The van der Waals surface area contributed by atoms with Crippen LogP contribution in [0.25, 0.3) is 0 Å². The van der Waals surface area contributed by atoms with Crippen LogP contribution in [0.5, 0.6) is 0 Å². The normalized spacial score (nSPS) is 16.8. The Morgan fingerprint density at radius 2 is 1.88 bits per heavy atom. The lowest BCUT2D eigenvalue weighted by Gasteiger charge is -2.16. The van der Waals surface area contributed by atoms with Crippen molar-refractivity contribution in [3.05, 3.63) is 0 Å². The molecule has 0 aromatic rings. The molecule has 0 radical (unpaired) electrons. The molecule has 3 unspecified atom stereocenters.